The molecule has 160 valence electrons. The van der Waals surface area contributed by atoms with Gasteiger partial charge in [-0.05, 0) is 31.4 Å². The van der Waals surface area contributed by atoms with E-state index in [9.17, 15) is 9.59 Å². The van der Waals surface area contributed by atoms with Crippen molar-refractivity contribution in [3.05, 3.63) is 71.2 Å². The highest BCUT2D eigenvalue weighted by molar-refractivity contribution is 7.13. The lowest BCUT2D eigenvalue weighted by Gasteiger charge is -2.31. The second kappa shape index (κ2) is 9.75. The van der Waals surface area contributed by atoms with Gasteiger partial charge in [-0.2, -0.15) is 0 Å². The molecule has 3 aromatic rings. The van der Waals surface area contributed by atoms with E-state index in [0.29, 0.717) is 32.5 Å². The van der Waals surface area contributed by atoms with Crippen molar-refractivity contribution in [2.75, 3.05) is 18.4 Å². The smallest absolute Gasteiger partial charge is 0.321 e. The van der Waals surface area contributed by atoms with E-state index in [1.807, 2.05) is 66.9 Å². The summed E-state index contributed by atoms with van der Waals surface area (Å²) in [4.78, 5) is 31.5. The van der Waals surface area contributed by atoms with E-state index in [1.165, 1.54) is 0 Å². The van der Waals surface area contributed by atoms with Crippen molar-refractivity contribution in [3.8, 4) is 10.6 Å². The van der Waals surface area contributed by atoms with E-state index >= 15 is 0 Å². The van der Waals surface area contributed by atoms with Crippen LogP contribution in [0.15, 0.2) is 60.0 Å². The van der Waals surface area contributed by atoms with Gasteiger partial charge < -0.3 is 15.5 Å². The highest BCUT2D eigenvalue weighted by atomic mass is 32.1. The van der Waals surface area contributed by atoms with Gasteiger partial charge in [0.2, 0.25) is 5.91 Å². The molecule has 0 aliphatic carbocycles. The Morgan fingerprint density at radius 2 is 1.77 bits per heavy atom. The molecule has 0 saturated carbocycles. The third-order valence-electron chi connectivity index (χ3n) is 5.56. The van der Waals surface area contributed by atoms with Gasteiger partial charge >= 0.3 is 6.03 Å². The topological polar surface area (TPSA) is 74.3 Å². The first-order valence-electron chi connectivity index (χ1n) is 10.5. The SMILES string of the molecule is Cc1ccccc1NC(=O)N1CCC(C(=O)NCc2csc(-c3ccccc3)n2)CC1. The first-order valence-corrected chi connectivity index (χ1v) is 11.4. The Morgan fingerprint density at radius 1 is 1.06 bits per heavy atom. The number of anilines is 1. The number of nitrogens with one attached hydrogen (secondary N) is 2. The summed E-state index contributed by atoms with van der Waals surface area (Å²) in [5, 5.41) is 8.92. The third-order valence-corrected chi connectivity index (χ3v) is 6.50. The lowest BCUT2D eigenvalue weighted by Crippen LogP contribution is -2.44. The number of thiazole rings is 1. The van der Waals surface area contributed by atoms with Crippen LogP contribution in [-0.2, 0) is 11.3 Å². The van der Waals surface area contributed by atoms with Gasteiger partial charge in [-0.25, -0.2) is 9.78 Å². The number of para-hydroxylation sites is 1. The Labute approximate surface area is 186 Å². The number of urea groups is 1. The van der Waals surface area contributed by atoms with Crippen molar-refractivity contribution < 1.29 is 9.59 Å². The van der Waals surface area contributed by atoms with Crippen LogP contribution in [0.2, 0.25) is 0 Å². The van der Waals surface area contributed by atoms with Crippen molar-refractivity contribution in [3.63, 3.8) is 0 Å². The first-order chi connectivity index (χ1) is 15.1. The number of benzene rings is 2. The Kier molecular flexibility index (Phi) is 6.62. The van der Waals surface area contributed by atoms with Crippen LogP contribution in [0, 0.1) is 12.8 Å². The van der Waals surface area contributed by atoms with Gasteiger partial charge in [0.1, 0.15) is 5.01 Å². The maximum Gasteiger partial charge on any atom is 0.321 e. The van der Waals surface area contributed by atoms with Crippen molar-refractivity contribution in [2.24, 2.45) is 5.92 Å². The number of aromatic nitrogens is 1. The molecule has 0 atom stereocenters. The number of carbonyl (C=O) groups excluding carboxylic acids is 2. The van der Waals surface area contributed by atoms with Gasteiger partial charge in [-0.15, -0.1) is 11.3 Å². The summed E-state index contributed by atoms with van der Waals surface area (Å²) in [5.74, 6) is -0.0389. The highest BCUT2D eigenvalue weighted by Gasteiger charge is 2.27. The predicted octanol–water partition coefficient (Wildman–Crippen LogP) is 4.68. The Balaban J connectivity index is 1.24. The summed E-state index contributed by atoms with van der Waals surface area (Å²) in [6, 6.07) is 17.6. The lowest BCUT2D eigenvalue weighted by atomic mass is 9.96. The molecular weight excluding hydrogens is 408 g/mol. The molecule has 1 fully saturated rings. The van der Waals surface area contributed by atoms with Crippen molar-refractivity contribution in [1.82, 2.24) is 15.2 Å². The fraction of sp³-hybridized carbons (Fsp3) is 0.292. The van der Waals surface area contributed by atoms with Crippen LogP contribution in [0.25, 0.3) is 10.6 Å². The molecule has 1 aromatic heterocycles. The Bertz CT molecular complexity index is 1040. The fourth-order valence-electron chi connectivity index (χ4n) is 3.68. The lowest BCUT2D eigenvalue weighted by molar-refractivity contribution is -0.126. The molecule has 2 N–H and O–H groups in total. The average molecular weight is 435 g/mol. The second-order valence-electron chi connectivity index (χ2n) is 7.73. The maximum atomic E-state index is 12.6. The molecule has 4 rings (SSSR count). The van der Waals surface area contributed by atoms with E-state index in [-0.39, 0.29) is 17.9 Å². The zero-order valence-electron chi connectivity index (χ0n) is 17.5. The summed E-state index contributed by atoms with van der Waals surface area (Å²) in [5.41, 5.74) is 3.81. The molecule has 7 heteroatoms. The number of piperidine rings is 1. The van der Waals surface area contributed by atoms with Crippen molar-refractivity contribution in [1.29, 1.82) is 0 Å². The standard InChI is InChI=1S/C24H26N4O2S/c1-17-7-5-6-10-21(17)27-24(30)28-13-11-18(12-14-28)22(29)25-15-20-16-31-23(26-20)19-8-3-2-4-9-19/h2-10,16,18H,11-15H2,1H3,(H,25,29)(H,27,30). The molecule has 1 aliphatic rings. The van der Waals surface area contributed by atoms with E-state index < -0.39 is 0 Å². The van der Waals surface area contributed by atoms with Crippen LogP contribution in [0.3, 0.4) is 0 Å². The van der Waals surface area contributed by atoms with Gasteiger partial charge in [0.15, 0.2) is 0 Å². The zero-order valence-corrected chi connectivity index (χ0v) is 18.3. The summed E-state index contributed by atoms with van der Waals surface area (Å²) < 4.78 is 0. The predicted molar refractivity (Wildman–Crippen MR) is 124 cm³/mol. The summed E-state index contributed by atoms with van der Waals surface area (Å²) >= 11 is 1.58. The maximum absolute atomic E-state index is 12.6. The molecule has 6 nitrogen and oxygen atoms in total. The first kappa shape index (κ1) is 21.1. The number of amides is 3. The third kappa shape index (κ3) is 5.30. The molecule has 1 saturated heterocycles. The van der Waals surface area contributed by atoms with Gasteiger partial charge in [-0.3, -0.25) is 4.79 Å². The number of hydrogen-bond acceptors (Lipinski definition) is 4. The minimum absolute atomic E-state index is 0.0354. The van der Waals surface area contributed by atoms with Crippen LogP contribution in [-0.4, -0.2) is 34.9 Å². The van der Waals surface area contributed by atoms with E-state index in [1.54, 1.807) is 16.2 Å². The number of rotatable bonds is 5. The van der Waals surface area contributed by atoms with Crippen LogP contribution in [0.4, 0.5) is 10.5 Å². The van der Waals surface area contributed by atoms with E-state index in [4.69, 9.17) is 0 Å². The van der Waals surface area contributed by atoms with Crippen molar-refractivity contribution in [2.45, 2.75) is 26.3 Å². The molecule has 0 spiro atoms. The van der Waals surface area contributed by atoms with Crippen LogP contribution < -0.4 is 10.6 Å². The normalized spacial score (nSPS) is 14.3. The van der Waals surface area contributed by atoms with Gasteiger partial charge in [-0.1, -0.05) is 48.5 Å². The second-order valence-corrected chi connectivity index (χ2v) is 8.59. The molecule has 2 aromatic carbocycles. The van der Waals surface area contributed by atoms with Gasteiger partial charge in [0, 0.05) is 35.6 Å². The average Bonchev–Trinajstić information content (AvgIpc) is 3.29. The molecule has 2 heterocycles. The number of nitrogens with zero attached hydrogens (tertiary/aromatic N) is 2. The highest BCUT2D eigenvalue weighted by Crippen LogP contribution is 2.24. The van der Waals surface area contributed by atoms with E-state index in [0.717, 1.165) is 27.5 Å². The fourth-order valence-corrected chi connectivity index (χ4v) is 4.50. The van der Waals surface area contributed by atoms with Gasteiger partial charge in [0.05, 0.1) is 12.2 Å². The minimum Gasteiger partial charge on any atom is -0.350 e. The molecule has 1 aliphatic heterocycles. The number of likely N-dealkylation sites (tertiary alicyclic amines) is 1. The monoisotopic (exact) mass is 434 g/mol. The number of carbonyl (C=O) groups is 2. The molecule has 0 bridgehead atoms. The molecule has 31 heavy (non-hydrogen) atoms. The molecule has 0 radical (unpaired) electrons. The van der Waals surface area contributed by atoms with E-state index in [2.05, 4.69) is 15.6 Å². The Morgan fingerprint density at radius 3 is 2.52 bits per heavy atom. The molecule has 0 unspecified atom stereocenters. The minimum atomic E-state index is -0.107. The van der Waals surface area contributed by atoms with Crippen LogP contribution in [0.1, 0.15) is 24.1 Å². The quantitative estimate of drug-likeness (QED) is 0.612. The Hall–Kier alpha value is -3.19. The van der Waals surface area contributed by atoms with Crippen LogP contribution >= 0.6 is 11.3 Å². The summed E-state index contributed by atoms with van der Waals surface area (Å²) in [7, 11) is 0. The zero-order chi connectivity index (χ0) is 21.6. The largest absolute Gasteiger partial charge is 0.350 e. The van der Waals surface area contributed by atoms with Crippen LogP contribution in [0.5, 0.6) is 0 Å². The summed E-state index contributed by atoms with van der Waals surface area (Å²) in [6.45, 7) is 3.54. The number of aryl methyl sites for hydroxylation is 1. The molecule has 3 amide bonds. The van der Waals surface area contributed by atoms with Crippen molar-refractivity contribution >= 4 is 29.0 Å². The number of hydrogen-bond donors (Lipinski definition) is 2. The molecular formula is C24H26N4O2S. The summed E-state index contributed by atoms with van der Waals surface area (Å²) in [6.07, 6.45) is 1.33. The van der Waals surface area contributed by atoms with Gasteiger partial charge in [0.25, 0.3) is 0 Å².